The summed E-state index contributed by atoms with van der Waals surface area (Å²) < 4.78 is 17.9. The second-order valence-electron chi connectivity index (χ2n) is 6.19. The van der Waals surface area contributed by atoms with E-state index in [1.807, 2.05) is 49.4 Å². The highest BCUT2D eigenvalue weighted by Crippen LogP contribution is 2.28. The van der Waals surface area contributed by atoms with E-state index in [9.17, 15) is 4.79 Å². The third kappa shape index (κ3) is 4.56. The quantitative estimate of drug-likeness (QED) is 0.740. The molecule has 0 bridgehead atoms. The summed E-state index contributed by atoms with van der Waals surface area (Å²) in [6, 6.07) is 13.6. The van der Waals surface area contributed by atoms with E-state index in [0.29, 0.717) is 31.2 Å². The Bertz CT molecular complexity index is 763. The van der Waals surface area contributed by atoms with Crippen LogP contribution in [0.1, 0.15) is 17.2 Å². The molecule has 26 heavy (non-hydrogen) atoms. The van der Waals surface area contributed by atoms with E-state index < -0.39 is 0 Å². The number of nitrogens with zero attached hydrogens (tertiary/aromatic N) is 1. The van der Waals surface area contributed by atoms with Crippen LogP contribution >= 0.6 is 15.9 Å². The van der Waals surface area contributed by atoms with Crippen LogP contribution in [0, 0.1) is 6.92 Å². The lowest BCUT2D eigenvalue weighted by atomic mass is 10.1. The summed E-state index contributed by atoms with van der Waals surface area (Å²) in [5, 5.41) is 0. The van der Waals surface area contributed by atoms with Gasteiger partial charge in [-0.2, -0.15) is 0 Å². The van der Waals surface area contributed by atoms with Gasteiger partial charge in [0.15, 0.2) is 18.1 Å². The molecule has 2 aromatic carbocycles. The van der Waals surface area contributed by atoms with Crippen LogP contribution in [0.5, 0.6) is 11.5 Å². The first-order valence-electron chi connectivity index (χ1n) is 8.49. The Hall–Kier alpha value is -2.05. The average molecular weight is 420 g/mol. The van der Waals surface area contributed by atoms with Crippen molar-refractivity contribution in [3.05, 3.63) is 58.1 Å². The van der Waals surface area contributed by atoms with E-state index in [-0.39, 0.29) is 18.6 Å². The van der Waals surface area contributed by atoms with E-state index in [1.54, 1.807) is 12.0 Å². The van der Waals surface area contributed by atoms with Crippen molar-refractivity contribution in [1.82, 2.24) is 4.90 Å². The zero-order valence-electron chi connectivity index (χ0n) is 14.9. The fraction of sp³-hybridized carbons (Fsp3) is 0.350. The number of methoxy groups -OCH3 is 1. The molecular weight excluding hydrogens is 398 g/mol. The lowest BCUT2D eigenvalue weighted by Gasteiger charge is -2.33. The molecule has 1 aliphatic rings. The van der Waals surface area contributed by atoms with Gasteiger partial charge >= 0.3 is 0 Å². The lowest BCUT2D eigenvalue weighted by molar-refractivity contribution is -0.141. The highest BCUT2D eigenvalue weighted by molar-refractivity contribution is 9.10. The van der Waals surface area contributed by atoms with Crippen molar-refractivity contribution in [1.29, 1.82) is 0 Å². The molecule has 1 aliphatic heterocycles. The highest BCUT2D eigenvalue weighted by Gasteiger charge is 2.25. The molecular formula is C20H22BrNO4. The molecule has 0 N–H and O–H groups in total. The number of ether oxygens (including phenoxy) is 3. The van der Waals surface area contributed by atoms with Crippen molar-refractivity contribution in [3.63, 3.8) is 0 Å². The standard InChI is InChI=1S/C20H22BrNO4/c1-14-3-8-17(18(11-14)24-2)26-13-20(23)22-9-10-25-19(12-22)15-4-6-16(21)7-5-15/h3-8,11,19H,9-10,12-13H2,1-2H3. The van der Waals surface area contributed by atoms with Gasteiger partial charge in [0.25, 0.3) is 5.91 Å². The van der Waals surface area contributed by atoms with Gasteiger partial charge in [0.2, 0.25) is 0 Å². The molecule has 6 heteroatoms. The number of halogens is 1. The fourth-order valence-corrected chi connectivity index (χ4v) is 3.14. The van der Waals surface area contributed by atoms with E-state index in [4.69, 9.17) is 14.2 Å². The number of carbonyl (C=O) groups is 1. The smallest absolute Gasteiger partial charge is 0.260 e. The monoisotopic (exact) mass is 419 g/mol. The molecule has 1 saturated heterocycles. The van der Waals surface area contributed by atoms with E-state index in [0.717, 1.165) is 15.6 Å². The first-order chi connectivity index (χ1) is 12.6. The zero-order chi connectivity index (χ0) is 18.5. The van der Waals surface area contributed by atoms with Crippen LogP contribution in [0.2, 0.25) is 0 Å². The minimum absolute atomic E-state index is 0.0214. The molecule has 138 valence electrons. The number of aryl methyl sites for hydroxylation is 1. The summed E-state index contributed by atoms with van der Waals surface area (Å²) in [5.41, 5.74) is 2.14. The van der Waals surface area contributed by atoms with Crippen LogP contribution < -0.4 is 9.47 Å². The summed E-state index contributed by atoms with van der Waals surface area (Å²) in [4.78, 5) is 14.4. The van der Waals surface area contributed by atoms with Crippen molar-refractivity contribution < 1.29 is 19.0 Å². The second-order valence-corrected chi connectivity index (χ2v) is 7.11. The summed E-state index contributed by atoms with van der Waals surface area (Å²) in [7, 11) is 1.59. The van der Waals surface area contributed by atoms with Crippen molar-refractivity contribution >= 4 is 21.8 Å². The Balaban J connectivity index is 1.60. The molecule has 5 nitrogen and oxygen atoms in total. The average Bonchev–Trinajstić information content (AvgIpc) is 2.67. The van der Waals surface area contributed by atoms with Gasteiger partial charge < -0.3 is 19.1 Å². The van der Waals surface area contributed by atoms with Crippen LogP contribution in [0.15, 0.2) is 46.9 Å². The number of amides is 1. The molecule has 1 heterocycles. The molecule has 1 fully saturated rings. The molecule has 1 atom stereocenters. The maximum atomic E-state index is 12.6. The Morgan fingerprint density at radius 3 is 2.73 bits per heavy atom. The number of carbonyl (C=O) groups excluding carboxylic acids is 1. The Morgan fingerprint density at radius 2 is 2.00 bits per heavy atom. The van der Waals surface area contributed by atoms with Crippen LogP contribution in [0.3, 0.4) is 0 Å². The van der Waals surface area contributed by atoms with Crippen LogP contribution in [-0.2, 0) is 9.53 Å². The van der Waals surface area contributed by atoms with Gasteiger partial charge in [-0.05, 0) is 42.3 Å². The van der Waals surface area contributed by atoms with Gasteiger partial charge in [0.05, 0.1) is 20.3 Å². The maximum Gasteiger partial charge on any atom is 0.260 e. The summed E-state index contributed by atoms with van der Waals surface area (Å²) >= 11 is 3.43. The first kappa shape index (κ1) is 18.7. The highest BCUT2D eigenvalue weighted by atomic mass is 79.9. The number of rotatable bonds is 5. The number of hydrogen-bond donors (Lipinski definition) is 0. The Labute approximate surface area is 162 Å². The topological polar surface area (TPSA) is 48.0 Å². The summed E-state index contributed by atoms with van der Waals surface area (Å²) in [6.07, 6.45) is -0.116. The van der Waals surface area contributed by atoms with Crippen LogP contribution in [-0.4, -0.2) is 44.2 Å². The molecule has 0 radical (unpaired) electrons. The SMILES string of the molecule is COc1cc(C)ccc1OCC(=O)N1CCOC(c2ccc(Br)cc2)C1. The minimum Gasteiger partial charge on any atom is -0.493 e. The van der Waals surface area contributed by atoms with Crippen LogP contribution in [0.25, 0.3) is 0 Å². The molecule has 3 rings (SSSR count). The predicted molar refractivity (Wildman–Crippen MR) is 103 cm³/mol. The largest absolute Gasteiger partial charge is 0.493 e. The Morgan fingerprint density at radius 1 is 1.23 bits per heavy atom. The number of hydrogen-bond acceptors (Lipinski definition) is 4. The predicted octanol–water partition coefficient (Wildman–Crippen LogP) is 3.75. The molecule has 1 amide bonds. The zero-order valence-corrected chi connectivity index (χ0v) is 16.5. The van der Waals surface area contributed by atoms with Gasteiger partial charge in [-0.25, -0.2) is 0 Å². The van der Waals surface area contributed by atoms with Gasteiger partial charge in [-0.1, -0.05) is 34.1 Å². The van der Waals surface area contributed by atoms with Crippen molar-refractivity contribution in [2.24, 2.45) is 0 Å². The lowest BCUT2D eigenvalue weighted by Crippen LogP contribution is -2.44. The summed E-state index contributed by atoms with van der Waals surface area (Å²) in [6.45, 7) is 3.56. The normalized spacial score (nSPS) is 17.0. The van der Waals surface area contributed by atoms with Gasteiger partial charge in [-0.15, -0.1) is 0 Å². The second kappa shape index (κ2) is 8.56. The van der Waals surface area contributed by atoms with Gasteiger partial charge in [-0.3, -0.25) is 4.79 Å². The van der Waals surface area contributed by atoms with Crippen molar-refractivity contribution in [2.75, 3.05) is 33.4 Å². The Kier molecular flexibility index (Phi) is 6.16. The molecule has 0 spiro atoms. The maximum absolute atomic E-state index is 12.6. The molecule has 0 saturated carbocycles. The fourth-order valence-electron chi connectivity index (χ4n) is 2.88. The van der Waals surface area contributed by atoms with Crippen LogP contribution in [0.4, 0.5) is 0 Å². The van der Waals surface area contributed by atoms with Crippen molar-refractivity contribution in [3.8, 4) is 11.5 Å². The minimum atomic E-state index is -0.116. The van der Waals surface area contributed by atoms with E-state index >= 15 is 0 Å². The summed E-state index contributed by atoms with van der Waals surface area (Å²) in [5.74, 6) is 1.15. The van der Waals surface area contributed by atoms with Crippen molar-refractivity contribution in [2.45, 2.75) is 13.0 Å². The third-order valence-electron chi connectivity index (χ3n) is 4.33. The molecule has 2 aromatic rings. The number of benzene rings is 2. The van der Waals surface area contributed by atoms with E-state index in [2.05, 4.69) is 15.9 Å². The first-order valence-corrected chi connectivity index (χ1v) is 9.28. The molecule has 0 aromatic heterocycles. The van der Waals surface area contributed by atoms with Gasteiger partial charge in [0.1, 0.15) is 6.10 Å². The third-order valence-corrected chi connectivity index (χ3v) is 4.86. The molecule has 0 aliphatic carbocycles. The molecule has 1 unspecified atom stereocenters. The van der Waals surface area contributed by atoms with E-state index in [1.165, 1.54) is 0 Å². The number of morpholine rings is 1. The van der Waals surface area contributed by atoms with Gasteiger partial charge in [0, 0.05) is 11.0 Å².